The standard InChI is InChI=1S/C13H19N3O4S/c1-10-4-5-11(16(17)18)12(14-10)15-7-6-13(2,3)21(19,20)9-8-15/h4-5H,6-9H2,1-3H3. The van der Waals surface area contributed by atoms with Crippen LogP contribution in [0.15, 0.2) is 12.1 Å². The summed E-state index contributed by atoms with van der Waals surface area (Å²) in [5.41, 5.74) is 0.583. The maximum atomic E-state index is 12.2. The molecule has 1 aliphatic rings. The first-order valence-electron chi connectivity index (χ1n) is 6.73. The minimum Gasteiger partial charge on any atom is -0.350 e. The average molecular weight is 313 g/mol. The maximum absolute atomic E-state index is 12.2. The Hall–Kier alpha value is -1.70. The van der Waals surface area contributed by atoms with E-state index in [1.165, 1.54) is 6.07 Å². The third-order valence-corrected chi connectivity index (χ3v) is 6.55. The zero-order chi connectivity index (χ0) is 15.8. The Kier molecular flexibility index (Phi) is 3.92. The summed E-state index contributed by atoms with van der Waals surface area (Å²) >= 11 is 0. The molecule has 0 aromatic carbocycles. The van der Waals surface area contributed by atoms with Crippen LogP contribution in [-0.4, -0.2) is 41.9 Å². The summed E-state index contributed by atoms with van der Waals surface area (Å²) in [6.45, 7) is 5.81. The van der Waals surface area contributed by atoms with Crippen LogP contribution in [0.5, 0.6) is 0 Å². The molecule has 1 saturated heterocycles. The number of nitrogens with zero attached hydrogens (tertiary/aromatic N) is 3. The summed E-state index contributed by atoms with van der Waals surface area (Å²) in [6.07, 6.45) is 0.419. The van der Waals surface area contributed by atoms with Gasteiger partial charge in [0.25, 0.3) is 0 Å². The van der Waals surface area contributed by atoms with Gasteiger partial charge in [-0.1, -0.05) is 0 Å². The Labute approximate surface area is 124 Å². The predicted octanol–water partition coefficient (Wildman–Crippen LogP) is 1.70. The minimum atomic E-state index is -3.22. The van der Waals surface area contributed by atoms with Gasteiger partial charge in [-0.15, -0.1) is 0 Å². The van der Waals surface area contributed by atoms with Gasteiger partial charge in [-0.3, -0.25) is 10.1 Å². The second kappa shape index (κ2) is 5.25. The van der Waals surface area contributed by atoms with Crippen LogP contribution in [0.3, 0.4) is 0 Å². The van der Waals surface area contributed by atoms with Gasteiger partial charge in [0.2, 0.25) is 5.82 Å². The van der Waals surface area contributed by atoms with E-state index in [-0.39, 0.29) is 23.8 Å². The molecule has 2 rings (SSSR count). The SMILES string of the molecule is Cc1ccc([N+](=O)[O-])c(N2CCC(C)(C)S(=O)(=O)CC2)n1. The molecule has 0 amide bonds. The van der Waals surface area contributed by atoms with E-state index < -0.39 is 19.5 Å². The Bertz CT molecular complexity index is 670. The van der Waals surface area contributed by atoms with Crippen LogP contribution in [0.25, 0.3) is 0 Å². The molecule has 0 N–H and O–H groups in total. The van der Waals surface area contributed by atoms with Gasteiger partial charge in [0, 0.05) is 24.8 Å². The second-order valence-electron chi connectivity index (χ2n) is 5.87. The highest BCUT2D eigenvalue weighted by Crippen LogP contribution is 2.31. The molecule has 2 heterocycles. The van der Waals surface area contributed by atoms with Crippen molar-refractivity contribution < 1.29 is 13.3 Å². The molecule has 0 spiro atoms. The molecule has 1 aromatic heterocycles. The average Bonchev–Trinajstić information content (AvgIpc) is 2.47. The number of pyridine rings is 1. The van der Waals surface area contributed by atoms with Crippen molar-refractivity contribution in [1.29, 1.82) is 0 Å². The number of sulfone groups is 1. The van der Waals surface area contributed by atoms with Gasteiger partial charge in [0.1, 0.15) is 0 Å². The molecule has 1 aliphatic heterocycles. The molecule has 0 unspecified atom stereocenters. The van der Waals surface area contributed by atoms with Gasteiger partial charge in [-0.2, -0.15) is 0 Å². The molecule has 7 nitrogen and oxygen atoms in total. The number of nitro groups is 1. The predicted molar refractivity (Wildman–Crippen MR) is 80.3 cm³/mol. The van der Waals surface area contributed by atoms with Crippen LogP contribution in [-0.2, 0) is 9.84 Å². The van der Waals surface area contributed by atoms with Crippen molar-refractivity contribution >= 4 is 21.3 Å². The first kappa shape index (κ1) is 15.7. The number of anilines is 1. The van der Waals surface area contributed by atoms with E-state index in [2.05, 4.69) is 4.98 Å². The number of aromatic nitrogens is 1. The Balaban J connectivity index is 2.40. The van der Waals surface area contributed by atoms with E-state index in [9.17, 15) is 18.5 Å². The van der Waals surface area contributed by atoms with Gasteiger partial charge >= 0.3 is 5.69 Å². The zero-order valence-electron chi connectivity index (χ0n) is 12.4. The Morgan fingerprint density at radius 2 is 2.00 bits per heavy atom. The number of hydrogen-bond acceptors (Lipinski definition) is 6. The normalized spacial score (nSPS) is 20.8. The summed E-state index contributed by atoms with van der Waals surface area (Å²) in [7, 11) is -3.22. The van der Waals surface area contributed by atoms with Crippen molar-refractivity contribution in [3.8, 4) is 0 Å². The Morgan fingerprint density at radius 3 is 2.62 bits per heavy atom. The fraction of sp³-hybridized carbons (Fsp3) is 0.615. The zero-order valence-corrected chi connectivity index (χ0v) is 13.2. The monoisotopic (exact) mass is 313 g/mol. The summed E-state index contributed by atoms with van der Waals surface area (Å²) in [4.78, 5) is 16.6. The molecule has 0 atom stereocenters. The van der Waals surface area contributed by atoms with E-state index in [1.807, 2.05) is 0 Å². The van der Waals surface area contributed by atoms with Gasteiger partial charge in [0.05, 0.1) is 15.4 Å². The lowest BCUT2D eigenvalue weighted by Crippen LogP contribution is -2.33. The van der Waals surface area contributed by atoms with Crippen LogP contribution in [0, 0.1) is 17.0 Å². The lowest BCUT2D eigenvalue weighted by Gasteiger charge is -2.23. The molecule has 0 saturated carbocycles. The molecule has 0 radical (unpaired) electrons. The third-order valence-electron chi connectivity index (χ3n) is 3.95. The summed E-state index contributed by atoms with van der Waals surface area (Å²) in [5.74, 6) is 0.236. The molecule has 21 heavy (non-hydrogen) atoms. The van der Waals surface area contributed by atoms with Gasteiger partial charge in [-0.05, 0) is 33.3 Å². The van der Waals surface area contributed by atoms with Crippen LogP contribution in [0.2, 0.25) is 0 Å². The van der Waals surface area contributed by atoms with Crippen molar-refractivity contribution in [3.63, 3.8) is 0 Å². The van der Waals surface area contributed by atoms with Crippen molar-refractivity contribution in [1.82, 2.24) is 4.98 Å². The highest BCUT2D eigenvalue weighted by molar-refractivity contribution is 7.92. The summed E-state index contributed by atoms with van der Waals surface area (Å²) < 4.78 is 23.6. The number of rotatable bonds is 2. The largest absolute Gasteiger partial charge is 0.350 e. The van der Waals surface area contributed by atoms with Crippen LogP contribution in [0.1, 0.15) is 26.0 Å². The topological polar surface area (TPSA) is 93.4 Å². The fourth-order valence-corrected chi connectivity index (χ4v) is 3.72. The van der Waals surface area contributed by atoms with Crippen molar-refractivity contribution in [3.05, 3.63) is 27.9 Å². The highest BCUT2D eigenvalue weighted by Gasteiger charge is 2.38. The quantitative estimate of drug-likeness (QED) is 0.609. The van der Waals surface area contributed by atoms with Gasteiger partial charge in [-0.25, -0.2) is 13.4 Å². The van der Waals surface area contributed by atoms with E-state index in [0.717, 1.165) is 0 Å². The van der Waals surface area contributed by atoms with Crippen molar-refractivity contribution in [2.45, 2.75) is 31.9 Å². The molecular formula is C13H19N3O4S. The van der Waals surface area contributed by atoms with Gasteiger partial charge in [0.15, 0.2) is 9.84 Å². The number of hydrogen-bond donors (Lipinski definition) is 0. The molecule has 116 valence electrons. The van der Waals surface area contributed by atoms with Crippen molar-refractivity contribution in [2.24, 2.45) is 0 Å². The second-order valence-corrected chi connectivity index (χ2v) is 8.61. The number of aryl methyl sites for hydroxylation is 1. The van der Waals surface area contributed by atoms with E-state index in [0.29, 0.717) is 18.7 Å². The minimum absolute atomic E-state index is 0.0211. The van der Waals surface area contributed by atoms with E-state index in [4.69, 9.17) is 0 Å². The molecule has 1 fully saturated rings. The van der Waals surface area contributed by atoms with Crippen LogP contribution < -0.4 is 4.90 Å². The fourth-order valence-electron chi connectivity index (χ4n) is 2.30. The van der Waals surface area contributed by atoms with Crippen LogP contribution in [0.4, 0.5) is 11.5 Å². The lowest BCUT2D eigenvalue weighted by atomic mass is 10.1. The van der Waals surface area contributed by atoms with Gasteiger partial charge < -0.3 is 4.90 Å². The Morgan fingerprint density at radius 1 is 1.33 bits per heavy atom. The van der Waals surface area contributed by atoms with E-state index >= 15 is 0 Å². The first-order chi connectivity index (χ1) is 9.64. The molecule has 8 heteroatoms. The maximum Gasteiger partial charge on any atom is 0.311 e. The van der Waals surface area contributed by atoms with Crippen LogP contribution >= 0.6 is 0 Å². The first-order valence-corrected chi connectivity index (χ1v) is 8.38. The lowest BCUT2D eigenvalue weighted by molar-refractivity contribution is -0.384. The smallest absolute Gasteiger partial charge is 0.311 e. The molecule has 0 aliphatic carbocycles. The molecular weight excluding hydrogens is 294 g/mol. The molecule has 0 bridgehead atoms. The summed E-state index contributed by atoms with van der Waals surface area (Å²) in [6, 6.07) is 3.00. The van der Waals surface area contributed by atoms with E-state index in [1.54, 1.807) is 31.7 Å². The summed E-state index contributed by atoms with van der Waals surface area (Å²) in [5, 5.41) is 11.1. The third kappa shape index (κ3) is 2.99. The highest BCUT2D eigenvalue weighted by atomic mass is 32.2. The van der Waals surface area contributed by atoms with Crippen molar-refractivity contribution in [2.75, 3.05) is 23.7 Å². The molecule has 1 aromatic rings.